The quantitative estimate of drug-likeness (QED) is 0.475. The zero-order chi connectivity index (χ0) is 22.0. The summed E-state index contributed by atoms with van der Waals surface area (Å²) in [6.07, 6.45) is 2.32. The van der Waals surface area contributed by atoms with Gasteiger partial charge in [0.2, 0.25) is 0 Å². The molecule has 0 spiro atoms. The second-order valence-corrected chi connectivity index (χ2v) is 10.4. The number of anilines is 1. The molecular weight excluding hydrogens is 452 g/mol. The number of rotatable bonds is 6. The number of fused-ring (bicyclic) bond motifs is 1. The summed E-state index contributed by atoms with van der Waals surface area (Å²) in [5, 5.41) is 2.10. The summed E-state index contributed by atoms with van der Waals surface area (Å²) in [5.74, 6) is -0.208. The topological polar surface area (TPSA) is 57.7 Å². The minimum atomic E-state index is -4.01. The molecule has 3 aromatic rings. The molecule has 0 radical (unpaired) electrons. The van der Waals surface area contributed by atoms with Crippen molar-refractivity contribution in [2.24, 2.45) is 0 Å². The molecule has 0 N–H and O–H groups in total. The highest BCUT2D eigenvalue weighted by atomic mass is 35.5. The molecule has 0 saturated heterocycles. The number of carbonyl (C=O) groups excluding carboxylic acids is 1. The predicted molar refractivity (Wildman–Crippen MR) is 125 cm³/mol. The highest BCUT2D eigenvalue weighted by molar-refractivity contribution is 7.93. The molecule has 0 saturated carbocycles. The standard InChI is InChI=1S/C23H21ClN2O3S2/c1-2-12-26(19-6-4-3-5-7-19)31(28,29)22-15-17(8-9-20(22)24)23(27)25-13-10-21-18(16-25)11-14-30-21/h2-9,11,14-15H,1,10,12-13,16H2. The minimum Gasteiger partial charge on any atom is -0.334 e. The van der Waals surface area contributed by atoms with E-state index >= 15 is 0 Å². The molecule has 5 nitrogen and oxygen atoms in total. The van der Waals surface area contributed by atoms with Crippen molar-refractivity contribution < 1.29 is 13.2 Å². The van der Waals surface area contributed by atoms with Gasteiger partial charge in [0.25, 0.3) is 15.9 Å². The smallest absolute Gasteiger partial charge is 0.266 e. The Labute approximate surface area is 191 Å². The lowest BCUT2D eigenvalue weighted by atomic mass is 10.1. The molecule has 1 aliphatic rings. The van der Waals surface area contributed by atoms with E-state index in [0.717, 1.165) is 12.0 Å². The maximum Gasteiger partial charge on any atom is 0.266 e. The zero-order valence-corrected chi connectivity index (χ0v) is 19.1. The van der Waals surface area contributed by atoms with E-state index in [1.165, 1.54) is 27.4 Å². The van der Waals surface area contributed by atoms with E-state index < -0.39 is 10.0 Å². The molecule has 0 aliphatic carbocycles. The minimum absolute atomic E-state index is 0.0697. The average Bonchev–Trinajstić information content (AvgIpc) is 3.25. The summed E-state index contributed by atoms with van der Waals surface area (Å²) in [6, 6.07) is 15.2. The largest absolute Gasteiger partial charge is 0.334 e. The third-order valence-electron chi connectivity index (χ3n) is 5.18. The Bertz CT molecular complexity index is 1220. The first-order valence-electron chi connectivity index (χ1n) is 9.74. The first-order valence-corrected chi connectivity index (χ1v) is 12.4. The first kappa shape index (κ1) is 21.6. The molecule has 1 aliphatic heterocycles. The second-order valence-electron chi connectivity index (χ2n) is 7.15. The number of para-hydroxylation sites is 1. The Morgan fingerprint density at radius 2 is 1.97 bits per heavy atom. The molecule has 0 bridgehead atoms. The summed E-state index contributed by atoms with van der Waals surface area (Å²) >= 11 is 8.00. The number of hydrogen-bond donors (Lipinski definition) is 0. The number of thiophene rings is 1. The number of halogens is 1. The van der Waals surface area contributed by atoms with Crippen LogP contribution in [0.3, 0.4) is 0 Å². The van der Waals surface area contributed by atoms with Crippen LogP contribution >= 0.6 is 22.9 Å². The Hall–Kier alpha value is -2.61. The molecule has 1 aromatic heterocycles. The molecule has 4 rings (SSSR count). The molecule has 160 valence electrons. The lowest BCUT2D eigenvalue weighted by Gasteiger charge is -2.28. The summed E-state index contributed by atoms with van der Waals surface area (Å²) in [5.41, 5.74) is 1.94. The third kappa shape index (κ3) is 4.26. The van der Waals surface area contributed by atoms with Gasteiger partial charge in [0.05, 0.1) is 17.3 Å². The molecule has 2 aromatic carbocycles. The van der Waals surface area contributed by atoms with Gasteiger partial charge in [0, 0.05) is 23.5 Å². The maximum atomic E-state index is 13.5. The fourth-order valence-electron chi connectivity index (χ4n) is 3.61. The highest BCUT2D eigenvalue weighted by Gasteiger charge is 2.29. The van der Waals surface area contributed by atoms with Crippen molar-refractivity contribution in [3.8, 4) is 0 Å². The fourth-order valence-corrected chi connectivity index (χ4v) is 6.44. The van der Waals surface area contributed by atoms with Crippen molar-refractivity contribution in [1.82, 2.24) is 4.90 Å². The van der Waals surface area contributed by atoms with E-state index in [1.807, 2.05) is 17.5 Å². The van der Waals surface area contributed by atoms with Crippen LogP contribution in [0, 0.1) is 0 Å². The average molecular weight is 473 g/mol. The lowest BCUT2D eigenvalue weighted by molar-refractivity contribution is 0.0735. The van der Waals surface area contributed by atoms with Crippen LogP contribution < -0.4 is 4.31 Å². The maximum absolute atomic E-state index is 13.5. The van der Waals surface area contributed by atoms with Gasteiger partial charge in [-0.1, -0.05) is 35.9 Å². The Kier molecular flexibility index (Phi) is 6.18. The van der Waals surface area contributed by atoms with E-state index in [9.17, 15) is 13.2 Å². The van der Waals surface area contributed by atoms with Gasteiger partial charge in [-0.25, -0.2) is 8.42 Å². The molecular formula is C23H21ClN2O3S2. The van der Waals surface area contributed by atoms with Crippen LogP contribution in [0.2, 0.25) is 5.02 Å². The monoisotopic (exact) mass is 472 g/mol. The lowest BCUT2D eigenvalue weighted by Crippen LogP contribution is -2.35. The van der Waals surface area contributed by atoms with Crippen molar-refractivity contribution in [2.75, 3.05) is 17.4 Å². The number of benzene rings is 2. The number of sulfonamides is 1. The molecule has 1 amide bonds. The van der Waals surface area contributed by atoms with Crippen LogP contribution in [0.5, 0.6) is 0 Å². The van der Waals surface area contributed by atoms with Gasteiger partial charge in [-0.05, 0) is 53.8 Å². The molecule has 0 fully saturated rings. The second kappa shape index (κ2) is 8.86. The van der Waals surface area contributed by atoms with E-state index in [4.69, 9.17) is 11.6 Å². The summed E-state index contributed by atoms with van der Waals surface area (Å²) in [7, 11) is -4.01. The Morgan fingerprint density at radius 3 is 2.71 bits per heavy atom. The fraction of sp³-hybridized carbons (Fsp3) is 0.174. The van der Waals surface area contributed by atoms with E-state index in [0.29, 0.717) is 24.3 Å². The number of nitrogens with zero attached hydrogens (tertiary/aromatic N) is 2. The third-order valence-corrected chi connectivity index (χ3v) is 8.48. The van der Waals surface area contributed by atoms with E-state index in [1.54, 1.807) is 46.6 Å². The van der Waals surface area contributed by atoms with Gasteiger partial charge >= 0.3 is 0 Å². The normalized spacial score (nSPS) is 13.5. The Balaban J connectivity index is 1.68. The van der Waals surface area contributed by atoms with Crippen LogP contribution in [-0.2, 0) is 23.0 Å². The predicted octanol–water partition coefficient (Wildman–Crippen LogP) is 4.98. The molecule has 0 atom stereocenters. The number of amides is 1. The van der Waals surface area contributed by atoms with Gasteiger partial charge in [0.1, 0.15) is 4.90 Å². The highest BCUT2D eigenvalue weighted by Crippen LogP contribution is 2.31. The molecule has 31 heavy (non-hydrogen) atoms. The van der Waals surface area contributed by atoms with Crippen LogP contribution in [0.25, 0.3) is 0 Å². The van der Waals surface area contributed by atoms with Gasteiger partial charge in [-0.2, -0.15) is 0 Å². The van der Waals surface area contributed by atoms with Crippen molar-refractivity contribution in [3.05, 3.63) is 93.7 Å². The summed E-state index contributed by atoms with van der Waals surface area (Å²) in [4.78, 5) is 16.1. The molecule has 0 unspecified atom stereocenters. The van der Waals surface area contributed by atoms with Gasteiger partial charge < -0.3 is 4.90 Å². The van der Waals surface area contributed by atoms with Crippen molar-refractivity contribution >= 4 is 44.6 Å². The van der Waals surface area contributed by atoms with Crippen LogP contribution in [0.4, 0.5) is 5.69 Å². The van der Waals surface area contributed by atoms with Gasteiger partial charge in [-0.3, -0.25) is 9.10 Å². The van der Waals surface area contributed by atoms with E-state index in [2.05, 4.69) is 6.58 Å². The summed E-state index contributed by atoms with van der Waals surface area (Å²) < 4.78 is 28.2. The van der Waals surface area contributed by atoms with Crippen LogP contribution in [0.1, 0.15) is 20.8 Å². The first-order chi connectivity index (χ1) is 14.9. The van der Waals surface area contributed by atoms with Crippen molar-refractivity contribution in [3.63, 3.8) is 0 Å². The SMILES string of the molecule is C=CCN(c1ccccc1)S(=O)(=O)c1cc(C(=O)N2CCc3sccc3C2)ccc1Cl. The van der Waals surface area contributed by atoms with E-state index in [-0.39, 0.29) is 22.4 Å². The summed E-state index contributed by atoms with van der Waals surface area (Å²) in [6.45, 7) is 4.88. The van der Waals surface area contributed by atoms with Crippen LogP contribution in [-0.4, -0.2) is 32.3 Å². The van der Waals surface area contributed by atoms with Crippen molar-refractivity contribution in [1.29, 1.82) is 0 Å². The number of carbonyl (C=O) groups is 1. The Morgan fingerprint density at radius 1 is 1.19 bits per heavy atom. The molecule has 2 heterocycles. The van der Waals surface area contributed by atoms with Crippen molar-refractivity contribution in [2.45, 2.75) is 17.9 Å². The van der Waals surface area contributed by atoms with Gasteiger partial charge in [0.15, 0.2) is 0 Å². The van der Waals surface area contributed by atoms with Crippen LogP contribution in [0.15, 0.2) is 77.5 Å². The number of hydrogen-bond acceptors (Lipinski definition) is 4. The zero-order valence-electron chi connectivity index (χ0n) is 16.7. The van der Waals surface area contributed by atoms with Gasteiger partial charge in [-0.15, -0.1) is 17.9 Å². The molecule has 8 heteroatoms.